The lowest BCUT2D eigenvalue weighted by Crippen LogP contribution is -2.32. The zero-order valence-electron chi connectivity index (χ0n) is 15.6. The van der Waals surface area contributed by atoms with Crippen LogP contribution in [0.2, 0.25) is 0 Å². The van der Waals surface area contributed by atoms with E-state index in [9.17, 15) is 28.5 Å². The number of anilines is 1. The molecular formula is C21H12F2N2O5S. The molecule has 156 valence electrons. The van der Waals surface area contributed by atoms with E-state index < -0.39 is 34.1 Å². The first-order valence-electron chi connectivity index (χ1n) is 8.85. The number of furan rings is 1. The van der Waals surface area contributed by atoms with Gasteiger partial charge in [-0.05, 0) is 42.0 Å². The fourth-order valence-corrected chi connectivity index (χ4v) is 4.08. The Labute approximate surface area is 178 Å². The third-order valence-electron chi connectivity index (χ3n) is 4.50. The van der Waals surface area contributed by atoms with Crippen LogP contribution in [0.15, 0.2) is 70.2 Å². The van der Waals surface area contributed by atoms with Crippen LogP contribution in [0.4, 0.5) is 20.2 Å². The van der Waals surface area contributed by atoms with Gasteiger partial charge in [0.25, 0.3) is 17.5 Å². The molecule has 1 aliphatic rings. The Balaban J connectivity index is 1.78. The van der Waals surface area contributed by atoms with Gasteiger partial charge < -0.3 is 4.42 Å². The van der Waals surface area contributed by atoms with Crippen molar-refractivity contribution in [2.75, 3.05) is 4.90 Å². The van der Waals surface area contributed by atoms with Crippen molar-refractivity contribution in [3.05, 3.63) is 98.8 Å². The minimum Gasteiger partial charge on any atom is -0.468 e. The molecule has 0 fully saturated rings. The number of nitro benzene ring substituents is 1. The van der Waals surface area contributed by atoms with E-state index in [1.807, 2.05) is 0 Å². The second-order valence-electron chi connectivity index (χ2n) is 6.42. The Morgan fingerprint density at radius 1 is 1.03 bits per heavy atom. The topological polar surface area (TPSA) is 93.7 Å². The summed E-state index contributed by atoms with van der Waals surface area (Å²) < 4.78 is 33.3. The number of nitro groups is 1. The normalized spacial score (nSPS) is 13.9. The van der Waals surface area contributed by atoms with Crippen LogP contribution in [0.5, 0.6) is 0 Å². The largest absolute Gasteiger partial charge is 0.468 e. The summed E-state index contributed by atoms with van der Waals surface area (Å²) in [7, 11) is 0. The van der Waals surface area contributed by atoms with Crippen molar-refractivity contribution >= 4 is 40.5 Å². The van der Waals surface area contributed by atoms with Gasteiger partial charge in [0.05, 0.1) is 33.1 Å². The molecular weight excluding hydrogens is 430 g/mol. The smallest absolute Gasteiger partial charge is 0.272 e. The molecule has 10 heteroatoms. The monoisotopic (exact) mass is 442 g/mol. The van der Waals surface area contributed by atoms with Gasteiger partial charge in [0, 0.05) is 18.2 Å². The second kappa shape index (κ2) is 8.15. The van der Waals surface area contributed by atoms with E-state index in [0.29, 0.717) is 10.7 Å². The lowest BCUT2D eigenvalue weighted by atomic mass is 10.1. The number of non-ortho nitro benzene ring substituents is 1. The quantitative estimate of drug-likeness (QED) is 0.313. The summed E-state index contributed by atoms with van der Waals surface area (Å²) in [6.07, 6.45) is 1.46. The second-order valence-corrected chi connectivity index (χ2v) is 7.40. The first-order valence-corrected chi connectivity index (χ1v) is 9.83. The van der Waals surface area contributed by atoms with Gasteiger partial charge in [0.15, 0.2) is 0 Å². The lowest BCUT2D eigenvalue weighted by Gasteiger charge is -2.16. The molecule has 0 saturated heterocycles. The minimum atomic E-state index is -0.941. The molecule has 3 aromatic rings. The van der Waals surface area contributed by atoms with Crippen LogP contribution in [-0.4, -0.2) is 16.7 Å². The standard InChI is InChI=1S/C21H12F2N2O5S/c22-13-5-8-16(23)17(10-13)24-20(26)18(12-3-6-14(7-4-12)25(28)29)19(21(24)27)31-11-15-2-1-9-30-15/h1-10H,11H2. The van der Waals surface area contributed by atoms with Gasteiger partial charge in [-0.3, -0.25) is 19.7 Å². The van der Waals surface area contributed by atoms with Gasteiger partial charge in [0.2, 0.25) is 0 Å². The summed E-state index contributed by atoms with van der Waals surface area (Å²) in [4.78, 5) is 37.2. The van der Waals surface area contributed by atoms with E-state index in [4.69, 9.17) is 4.42 Å². The summed E-state index contributed by atoms with van der Waals surface area (Å²) in [5.74, 6) is -2.69. The number of carbonyl (C=O) groups is 2. The van der Waals surface area contributed by atoms with Crippen molar-refractivity contribution in [1.82, 2.24) is 0 Å². The van der Waals surface area contributed by atoms with Crippen LogP contribution < -0.4 is 4.90 Å². The van der Waals surface area contributed by atoms with Crippen molar-refractivity contribution in [2.45, 2.75) is 5.75 Å². The van der Waals surface area contributed by atoms with Gasteiger partial charge in [-0.1, -0.05) is 0 Å². The number of thioether (sulfide) groups is 1. The number of hydrogen-bond donors (Lipinski definition) is 0. The van der Waals surface area contributed by atoms with E-state index in [2.05, 4.69) is 0 Å². The van der Waals surface area contributed by atoms with E-state index in [-0.39, 0.29) is 27.5 Å². The maximum absolute atomic E-state index is 14.3. The lowest BCUT2D eigenvalue weighted by molar-refractivity contribution is -0.384. The van der Waals surface area contributed by atoms with Gasteiger partial charge in [-0.2, -0.15) is 0 Å². The number of benzene rings is 2. The Morgan fingerprint density at radius 3 is 2.42 bits per heavy atom. The zero-order valence-corrected chi connectivity index (χ0v) is 16.4. The van der Waals surface area contributed by atoms with Crippen molar-refractivity contribution < 1.29 is 27.7 Å². The fourth-order valence-electron chi connectivity index (χ4n) is 3.06. The third-order valence-corrected chi connectivity index (χ3v) is 5.59. The average molecular weight is 442 g/mol. The molecule has 31 heavy (non-hydrogen) atoms. The number of nitrogens with zero attached hydrogens (tertiary/aromatic N) is 2. The Bertz CT molecular complexity index is 1220. The number of hydrogen-bond acceptors (Lipinski definition) is 6. The fraction of sp³-hybridized carbons (Fsp3) is 0.0476. The molecule has 0 radical (unpaired) electrons. The predicted octanol–water partition coefficient (Wildman–Crippen LogP) is 4.68. The summed E-state index contributed by atoms with van der Waals surface area (Å²) >= 11 is 0.999. The molecule has 7 nitrogen and oxygen atoms in total. The molecule has 4 rings (SSSR count). The van der Waals surface area contributed by atoms with E-state index in [0.717, 1.165) is 30.0 Å². The first kappa shape index (κ1) is 20.5. The van der Waals surface area contributed by atoms with Crippen LogP contribution in [0.1, 0.15) is 11.3 Å². The highest BCUT2D eigenvalue weighted by molar-refractivity contribution is 8.03. The summed E-state index contributed by atoms with van der Waals surface area (Å²) in [5.41, 5.74) is -0.521. The summed E-state index contributed by atoms with van der Waals surface area (Å²) in [6.45, 7) is 0. The van der Waals surface area contributed by atoms with Crippen molar-refractivity contribution in [3.8, 4) is 0 Å². The van der Waals surface area contributed by atoms with Crippen LogP contribution in [0.25, 0.3) is 5.57 Å². The van der Waals surface area contributed by atoms with E-state index >= 15 is 0 Å². The van der Waals surface area contributed by atoms with Gasteiger partial charge in [-0.25, -0.2) is 13.7 Å². The van der Waals surface area contributed by atoms with Gasteiger partial charge in [-0.15, -0.1) is 11.8 Å². The van der Waals surface area contributed by atoms with Gasteiger partial charge in [0.1, 0.15) is 17.4 Å². The first-order chi connectivity index (χ1) is 14.9. The molecule has 0 N–H and O–H groups in total. The van der Waals surface area contributed by atoms with Crippen molar-refractivity contribution in [1.29, 1.82) is 0 Å². The van der Waals surface area contributed by atoms with E-state index in [1.165, 1.54) is 30.5 Å². The average Bonchev–Trinajstić information content (AvgIpc) is 3.35. The summed E-state index contributed by atoms with van der Waals surface area (Å²) in [6, 6.07) is 10.9. The van der Waals surface area contributed by atoms with E-state index in [1.54, 1.807) is 12.1 Å². The molecule has 2 amide bonds. The van der Waals surface area contributed by atoms with Crippen LogP contribution in [0, 0.1) is 21.7 Å². The maximum Gasteiger partial charge on any atom is 0.272 e. The SMILES string of the molecule is O=C1C(SCc2ccco2)=C(c2ccc([N+](=O)[O-])cc2)C(=O)N1c1cc(F)ccc1F. The van der Waals surface area contributed by atoms with Crippen molar-refractivity contribution in [2.24, 2.45) is 0 Å². The molecule has 0 saturated carbocycles. The maximum atomic E-state index is 14.3. The molecule has 2 aromatic carbocycles. The number of halogens is 2. The Hall–Kier alpha value is -3.79. The predicted molar refractivity (Wildman–Crippen MR) is 109 cm³/mol. The molecule has 1 aromatic heterocycles. The zero-order chi connectivity index (χ0) is 22.1. The molecule has 0 spiro atoms. The number of amides is 2. The Kier molecular flexibility index (Phi) is 5.38. The van der Waals surface area contributed by atoms with Gasteiger partial charge >= 0.3 is 0 Å². The number of carbonyl (C=O) groups excluding carboxylic acids is 2. The number of rotatable bonds is 6. The summed E-state index contributed by atoms with van der Waals surface area (Å²) in [5, 5.41) is 10.9. The molecule has 0 atom stereocenters. The highest BCUT2D eigenvalue weighted by Crippen LogP contribution is 2.40. The third kappa shape index (κ3) is 3.84. The van der Waals surface area contributed by atoms with Crippen LogP contribution in [-0.2, 0) is 15.3 Å². The van der Waals surface area contributed by atoms with Crippen molar-refractivity contribution in [3.63, 3.8) is 0 Å². The molecule has 2 heterocycles. The van der Waals surface area contributed by atoms with Crippen LogP contribution in [0.3, 0.4) is 0 Å². The molecule has 0 unspecified atom stereocenters. The Morgan fingerprint density at radius 2 is 1.77 bits per heavy atom. The molecule has 1 aliphatic heterocycles. The molecule has 0 aliphatic carbocycles. The number of imide groups is 1. The highest BCUT2D eigenvalue weighted by Gasteiger charge is 2.41. The highest BCUT2D eigenvalue weighted by atomic mass is 32.2. The minimum absolute atomic E-state index is 0.00101. The molecule has 0 bridgehead atoms. The van der Waals surface area contributed by atoms with Crippen LogP contribution >= 0.6 is 11.8 Å².